The Balaban J connectivity index is 2.96. The molecule has 0 radical (unpaired) electrons. The van der Waals surface area contributed by atoms with Gasteiger partial charge in [-0.3, -0.25) is 4.79 Å². The van der Waals surface area contributed by atoms with Gasteiger partial charge in [0, 0.05) is 11.3 Å². The first kappa shape index (κ1) is 11.4. The van der Waals surface area contributed by atoms with Crippen LogP contribution in [-0.4, -0.2) is 19.7 Å². The lowest BCUT2D eigenvalue weighted by Gasteiger charge is -2.11. The van der Waals surface area contributed by atoms with Gasteiger partial charge in [-0.25, -0.2) is 0 Å². The molecular formula is C11H15NO3. The van der Waals surface area contributed by atoms with Crippen molar-refractivity contribution in [2.75, 3.05) is 19.5 Å². The van der Waals surface area contributed by atoms with E-state index in [2.05, 4.69) is 4.74 Å². The third-order valence-electron chi connectivity index (χ3n) is 2.02. The highest BCUT2D eigenvalue weighted by atomic mass is 16.5. The van der Waals surface area contributed by atoms with Crippen molar-refractivity contribution < 1.29 is 14.3 Å². The summed E-state index contributed by atoms with van der Waals surface area (Å²) in [5.41, 5.74) is 7.00. The second-order valence-corrected chi connectivity index (χ2v) is 3.01. The maximum Gasteiger partial charge on any atom is 0.310 e. The van der Waals surface area contributed by atoms with Crippen LogP contribution in [0.3, 0.4) is 0 Å². The van der Waals surface area contributed by atoms with E-state index in [1.807, 2.05) is 6.92 Å². The van der Waals surface area contributed by atoms with Crippen LogP contribution in [0.15, 0.2) is 18.2 Å². The summed E-state index contributed by atoms with van der Waals surface area (Å²) in [6.07, 6.45) is 0.137. The van der Waals surface area contributed by atoms with E-state index in [0.29, 0.717) is 23.6 Å². The van der Waals surface area contributed by atoms with Gasteiger partial charge in [-0.15, -0.1) is 0 Å². The van der Waals surface area contributed by atoms with Crippen LogP contribution < -0.4 is 10.5 Å². The molecule has 0 bridgehead atoms. The minimum Gasteiger partial charge on any atom is -0.494 e. The van der Waals surface area contributed by atoms with Gasteiger partial charge in [-0.1, -0.05) is 6.07 Å². The lowest BCUT2D eigenvalue weighted by molar-refractivity contribution is -0.139. The fraction of sp³-hybridized carbons (Fsp3) is 0.364. The molecule has 0 amide bonds. The zero-order valence-corrected chi connectivity index (χ0v) is 8.95. The quantitative estimate of drug-likeness (QED) is 0.601. The summed E-state index contributed by atoms with van der Waals surface area (Å²) >= 11 is 0. The van der Waals surface area contributed by atoms with Gasteiger partial charge in [0.05, 0.1) is 20.1 Å². The summed E-state index contributed by atoms with van der Waals surface area (Å²) in [6, 6.07) is 5.32. The summed E-state index contributed by atoms with van der Waals surface area (Å²) in [4.78, 5) is 11.2. The molecule has 82 valence electrons. The number of hydrogen-bond acceptors (Lipinski definition) is 4. The SMILES string of the molecule is CCOc1cccc(N)c1CC(=O)OC. The first-order valence-corrected chi connectivity index (χ1v) is 4.76. The lowest BCUT2D eigenvalue weighted by Crippen LogP contribution is -2.09. The van der Waals surface area contributed by atoms with Crippen molar-refractivity contribution in [3.05, 3.63) is 23.8 Å². The molecule has 0 atom stereocenters. The molecule has 0 saturated carbocycles. The van der Waals surface area contributed by atoms with Gasteiger partial charge in [-0.05, 0) is 19.1 Å². The first-order valence-electron chi connectivity index (χ1n) is 4.76. The van der Waals surface area contributed by atoms with Crippen LogP contribution in [0, 0.1) is 0 Å². The molecular weight excluding hydrogens is 194 g/mol. The van der Waals surface area contributed by atoms with Crippen LogP contribution >= 0.6 is 0 Å². The zero-order valence-electron chi connectivity index (χ0n) is 8.95. The number of methoxy groups -OCH3 is 1. The van der Waals surface area contributed by atoms with E-state index in [1.54, 1.807) is 18.2 Å². The van der Waals surface area contributed by atoms with Gasteiger partial charge >= 0.3 is 5.97 Å². The second kappa shape index (κ2) is 5.24. The van der Waals surface area contributed by atoms with E-state index < -0.39 is 0 Å². The average molecular weight is 209 g/mol. The predicted octanol–water partition coefficient (Wildman–Crippen LogP) is 1.38. The Kier molecular flexibility index (Phi) is 3.97. The van der Waals surface area contributed by atoms with E-state index in [0.717, 1.165) is 0 Å². The molecule has 2 N–H and O–H groups in total. The Labute approximate surface area is 89.0 Å². The molecule has 15 heavy (non-hydrogen) atoms. The maximum absolute atomic E-state index is 11.2. The van der Waals surface area contributed by atoms with Gasteiger partial charge in [-0.2, -0.15) is 0 Å². The topological polar surface area (TPSA) is 61.5 Å². The fourth-order valence-electron chi connectivity index (χ4n) is 1.28. The molecule has 4 nitrogen and oxygen atoms in total. The highest BCUT2D eigenvalue weighted by molar-refractivity contribution is 5.76. The Bertz CT molecular complexity index is 350. The fourth-order valence-corrected chi connectivity index (χ4v) is 1.28. The molecule has 0 unspecified atom stereocenters. The molecule has 0 heterocycles. The molecule has 0 fully saturated rings. The smallest absolute Gasteiger partial charge is 0.310 e. The van der Waals surface area contributed by atoms with Crippen molar-refractivity contribution in [1.29, 1.82) is 0 Å². The monoisotopic (exact) mass is 209 g/mol. The number of anilines is 1. The number of carbonyl (C=O) groups is 1. The summed E-state index contributed by atoms with van der Waals surface area (Å²) < 4.78 is 9.97. The molecule has 0 aliphatic rings. The molecule has 0 aliphatic heterocycles. The molecule has 4 heteroatoms. The number of carbonyl (C=O) groups excluding carboxylic acids is 1. The number of ether oxygens (including phenoxy) is 2. The van der Waals surface area contributed by atoms with Gasteiger partial charge in [0.1, 0.15) is 5.75 Å². The molecule has 0 aliphatic carbocycles. The third-order valence-corrected chi connectivity index (χ3v) is 2.02. The molecule has 1 rings (SSSR count). The standard InChI is InChI=1S/C11H15NO3/c1-3-15-10-6-4-5-9(12)8(10)7-11(13)14-2/h4-6H,3,7,12H2,1-2H3. The second-order valence-electron chi connectivity index (χ2n) is 3.01. The van der Waals surface area contributed by atoms with Gasteiger partial charge in [0.2, 0.25) is 0 Å². The Morgan fingerprint density at radius 1 is 1.47 bits per heavy atom. The Morgan fingerprint density at radius 2 is 2.20 bits per heavy atom. The lowest BCUT2D eigenvalue weighted by atomic mass is 10.1. The molecule has 0 spiro atoms. The third kappa shape index (κ3) is 2.87. The van der Waals surface area contributed by atoms with Crippen LogP contribution in [0.4, 0.5) is 5.69 Å². The minimum absolute atomic E-state index is 0.137. The summed E-state index contributed by atoms with van der Waals surface area (Å²) in [7, 11) is 1.35. The molecule has 0 saturated heterocycles. The van der Waals surface area contributed by atoms with Crippen molar-refractivity contribution in [3.63, 3.8) is 0 Å². The number of benzene rings is 1. The maximum atomic E-state index is 11.2. The van der Waals surface area contributed by atoms with Crippen molar-refractivity contribution in [2.24, 2.45) is 0 Å². The van der Waals surface area contributed by atoms with Crippen LogP contribution in [0.5, 0.6) is 5.75 Å². The number of esters is 1. The highest BCUT2D eigenvalue weighted by Gasteiger charge is 2.11. The van der Waals surface area contributed by atoms with E-state index in [4.69, 9.17) is 10.5 Å². The molecule has 1 aromatic rings. The number of hydrogen-bond donors (Lipinski definition) is 1. The number of nitrogens with two attached hydrogens (primary N) is 1. The van der Waals surface area contributed by atoms with E-state index >= 15 is 0 Å². The van der Waals surface area contributed by atoms with Crippen molar-refractivity contribution >= 4 is 11.7 Å². The Morgan fingerprint density at radius 3 is 2.80 bits per heavy atom. The number of rotatable bonds is 4. The van der Waals surface area contributed by atoms with Crippen LogP contribution in [0.2, 0.25) is 0 Å². The summed E-state index contributed by atoms with van der Waals surface area (Å²) in [6.45, 7) is 2.42. The van der Waals surface area contributed by atoms with Gasteiger partial charge in [0.25, 0.3) is 0 Å². The van der Waals surface area contributed by atoms with Crippen molar-refractivity contribution in [1.82, 2.24) is 0 Å². The van der Waals surface area contributed by atoms with Crippen LogP contribution in [0.1, 0.15) is 12.5 Å². The van der Waals surface area contributed by atoms with E-state index in [9.17, 15) is 4.79 Å². The van der Waals surface area contributed by atoms with Crippen molar-refractivity contribution in [3.8, 4) is 5.75 Å². The molecule has 0 aromatic heterocycles. The zero-order chi connectivity index (χ0) is 11.3. The normalized spacial score (nSPS) is 9.73. The molecule has 1 aromatic carbocycles. The van der Waals surface area contributed by atoms with Gasteiger partial charge in [0.15, 0.2) is 0 Å². The van der Waals surface area contributed by atoms with Crippen LogP contribution in [0.25, 0.3) is 0 Å². The summed E-state index contributed by atoms with van der Waals surface area (Å²) in [5.74, 6) is 0.316. The van der Waals surface area contributed by atoms with Crippen molar-refractivity contribution in [2.45, 2.75) is 13.3 Å². The summed E-state index contributed by atoms with van der Waals surface area (Å²) in [5, 5.41) is 0. The van der Waals surface area contributed by atoms with Crippen LogP contribution in [-0.2, 0) is 16.0 Å². The average Bonchev–Trinajstić information content (AvgIpc) is 2.23. The Hall–Kier alpha value is -1.71. The largest absolute Gasteiger partial charge is 0.494 e. The minimum atomic E-state index is -0.325. The predicted molar refractivity (Wildman–Crippen MR) is 57.7 cm³/mol. The van der Waals surface area contributed by atoms with E-state index in [1.165, 1.54) is 7.11 Å². The van der Waals surface area contributed by atoms with Gasteiger partial charge < -0.3 is 15.2 Å². The highest BCUT2D eigenvalue weighted by Crippen LogP contribution is 2.25. The number of nitrogen functional groups attached to an aromatic ring is 1. The first-order chi connectivity index (χ1) is 7.19. The van der Waals surface area contributed by atoms with E-state index in [-0.39, 0.29) is 12.4 Å².